The number of nitrogens with one attached hydrogen (secondary N) is 1. The number of nitrogens with zero attached hydrogens (tertiary/aromatic N) is 4. The van der Waals surface area contributed by atoms with E-state index in [1.54, 1.807) is 6.20 Å². The predicted octanol–water partition coefficient (Wildman–Crippen LogP) is 0.495. The van der Waals surface area contributed by atoms with Gasteiger partial charge in [-0.2, -0.15) is 5.10 Å². The van der Waals surface area contributed by atoms with Crippen molar-refractivity contribution in [3.05, 3.63) is 46.4 Å². The average Bonchev–Trinajstić information content (AvgIpc) is 3.15. The zero-order valence-electron chi connectivity index (χ0n) is 12.7. The van der Waals surface area contributed by atoms with Crippen molar-refractivity contribution in [3.8, 4) is 0 Å². The topological polar surface area (TPSA) is 81.8 Å². The predicted molar refractivity (Wildman–Crippen MR) is 80.4 cm³/mol. The molecule has 2 aromatic rings. The molecular weight excluding hydrogens is 282 g/mol. The van der Waals surface area contributed by atoms with E-state index in [0.29, 0.717) is 6.54 Å². The number of carbonyl (C=O) groups excluding carboxylic acids is 1. The molecule has 7 heteroatoms. The minimum atomic E-state index is -0.246. The molecule has 22 heavy (non-hydrogen) atoms. The van der Waals surface area contributed by atoms with E-state index in [-0.39, 0.29) is 22.6 Å². The molecule has 1 N–H and O–H groups in total. The van der Waals surface area contributed by atoms with Crippen molar-refractivity contribution in [2.45, 2.75) is 26.3 Å². The van der Waals surface area contributed by atoms with Crippen LogP contribution < -0.4 is 10.9 Å². The Balaban J connectivity index is 1.62. The van der Waals surface area contributed by atoms with Gasteiger partial charge in [-0.3, -0.25) is 9.59 Å². The smallest absolute Gasteiger partial charge is 0.271 e. The van der Waals surface area contributed by atoms with E-state index in [1.807, 2.05) is 13.1 Å². The van der Waals surface area contributed by atoms with Gasteiger partial charge >= 0.3 is 0 Å². The van der Waals surface area contributed by atoms with E-state index in [9.17, 15) is 9.59 Å². The number of hydrogen-bond donors (Lipinski definition) is 1. The largest absolute Gasteiger partial charge is 0.350 e. The van der Waals surface area contributed by atoms with Crippen molar-refractivity contribution in [3.63, 3.8) is 0 Å². The maximum atomic E-state index is 12.1. The van der Waals surface area contributed by atoms with E-state index in [0.717, 1.165) is 29.9 Å². The van der Waals surface area contributed by atoms with E-state index in [4.69, 9.17) is 0 Å². The third-order valence-electron chi connectivity index (χ3n) is 4.20. The van der Waals surface area contributed by atoms with Gasteiger partial charge in [0, 0.05) is 44.0 Å². The molecule has 7 nitrogen and oxygen atoms in total. The van der Waals surface area contributed by atoms with Gasteiger partial charge in [0.1, 0.15) is 11.5 Å². The summed E-state index contributed by atoms with van der Waals surface area (Å²) in [5.41, 5.74) is 0.143. The van der Waals surface area contributed by atoms with Crippen LogP contribution in [0.5, 0.6) is 0 Å². The molecule has 1 amide bonds. The van der Waals surface area contributed by atoms with Gasteiger partial charge in [-0.05, 0) is 25.8 Å². The minimum absolute atomic E-state index is 0.113. The monoisotopic (exact) mass is 301 g/mol. The first kappa shape index (κ1) is 14.5. The summed E-state index contributed by atoms with van der Waals surface area (Å²) in [5.74, 6) is 0.738. The molecule has 0 unspecified atom stereocenters. The number of rotatable bonds is 5. The first-order valence-corrected chi connectivity index (χ1v) is 7.29. The fraction of sp³-hybridized carbons (Fsp3) is 0.467. The highest BCUT2D eigenvalue weighted by atomic mass is 16.2. The fourth-order valence-electron chi connectivity index (χ4n) is 2.48. The Morgan fingerprint density at radius 2 is 2.18 bits per heavy atom. The minimum Gasteiger partial charge on any atom is -0.350 e. The first-order valence-electron chi connectivity index (χ1n) is 7.29. The molecule has 1 saturated carbocycles. The van der Waals surface area contributed by atoms with E-state index < -0.39 is 0 Å². The summed E-state index contributed by atoms with van der Waals surface area (Å²) in [6, 6.07) is 2.81. The van der Waals surface area contributed by atoms with Gasteiger partial charge in [0.2, 0.25) is 0 Å². The van der Waals surface area contributed by atoms with Crippen molar-refractivity contribution < 1.29 is 4.79 Å². The van der Waals surface area contributed by atoms with Gasteiger partial charge in [0.15, 0.2) is 0 Å². The Bertz CT molecular complexity index is 757. The molecule has 0 saturated heterocycles. The van der Waals surface area contributed by atoms with Crippen molar-refractivity contribution in [1.29, 1.82) is 0 Å². The molecule has 116 valence electrons. The second-order valence-electron chi connectivity index (χ2n) is 5.97. The van der Waals surface area contributed by atoms with Crippen molar-refractivity contribution in [1.82, 2.24) is 24.6 Å². The third kappa shape index (κ3) is 2.93. The second kappa shape index (κ2) is 5.40. The lowest BCUT2D eigenvalue weighted by atomic mass is 10.1. The number of carbonyl (C=O) groups is 1. The van der Waals surface area contributed by atoms with Gasteiger partial charge in [-0.15, -0.1) is 0 Å². The van der Waals surface area contributed by atoms with Crippen LogP contribution in [0.4, 0.5) is 0 Å². The summed E-state index contributed by atoms with van der Waals surface area (Å²) >= 11 is 0. The molecule has 1 fully saturated rings. The summed E-state index contributed by atoms with van der Waals surface area (Å²) in [6.07, 6.45) is 5.93. The van der Waals surface area contributed by atoms with Crippen LogP contribution in [0.15, 0.2) is 29.3 Å². The van der Waals surface area contributed by atoms with Gasteiger partial charge in [0.05, 0.1) is 0 Å². The summed E-state index contributed by atoms with van der Waals surface area (Å²) in [6.45, 7) is 3.44. The molecule has 0 aromatic carbocycles. The highest BCUT2D eigenvalue weighted by Gasteiger charge is 2.43. The zero-order valence-corrected chi connectivity index (χ0v) is 12.7. The van der Waals surface area contributed by atoms with Crippen molar-refractivity contribution >= 4 is 5.91 Å². The van der Waals surface area contributed by atoms with Crippen LogP contribution in [0.1, 0.15) is 29.2 Å². The van der Waals surface area contributed by atoms with E-state index in [2.05, 4.69) is 20.0 Å². The quantitative estimate of drug-likeness (QED) is 0.871. The van der Waals surface area contributed by atoms with E-state index >= 15 is 0 Å². The second-order valence-corrected chi connectivity index (χ2v) is 5.97. The van der Waals surface area contributed by atoms with Gasteiger partial charge < -0.3 is 9.88 Å². The summed E-state index contributed by atoms with van der Waals surface area (Å²) in [7, 11) is 1.53. The maximum absolute atomic E-state index is 12.1. The molecule has 0 atom stereocenters. The van der Waals surface area contributed by atoms with Crippen LogP contribution in [-0.4, -0.2) is 31.8 Å². The molecule has 1 aliphatic rings. The molecule has 2 aromatic heterocycles. The Hall–Kier alpha value is -2.44. The Morgan fingerprint density at radius 3 is 2.77 bits per heavy atom. The lowest BCUT2D eigenvalue weighted by Gasteiger charge is -2.17. The Morgan fingerprint density at radius 1 is 1.41 bits per heavy atom. The fourth-order valence-corrected chi connectivity index (χ4v) is 2.48. The molecule has 0 bridgehead atoms. The highest BCUT2D eigenvalue weighted by molar-refractivity contribution is 5.92. The van der Waals surface area contributed by atoms with Crippen LogP contribution in [-0.2, 0) is 13.6 Å². The van der Waals surface area contributed by atoms with Crippen LogP contribution in [0.25, 0.3) is 0 Å². The standard InChI is InChI=1S/C15H19N5O2/c1-11-16-7-8-20(11)10-15(5-6-15)9-17-14(22)12-3-4-13(21)19(2)18-12/h3-4,7-8H,5-6,9-10H2,1-2H3,(H,17,22). The number of amides is 1. The highest BCUT2D eigenvalue weighted by Crippen LogP contribution is 2.46. The first-order chi connectivity index (χ1) is 10.5. The Labute approximate surface area is 128 Å². The third-order valence-corrected chi connectivity index (χ3v) is 4.20. The van der Waals surface area contributed by atoms with Crippen molar-refractivity contribution in [2.75, 3.05) is 6.54 Å². The lowest BCUT2D eigenvalue weighted by molar-refractivity contribution is 0.0935. The summed E-state index contributed by atoms with van der Waals surface area (Å²) < 4.78 is 3.28. The van der Waals surface area contributed by atoms with Crippen LogP contribution in [0, 0.1) is 12.3 Å². The maximum Gasteiger partial charge on any atom is 0.271 e. The molecule has 0 spiro atoms. The Kier molecular flexibility index (Phi) is 3.56. The molecule has 0 radical (unpaired) electrons. The number of imidazole rings is 1. The number of hydrogen-bond acceptors (Lipinski definition) is 4. The molecule has 1 aliphatic carbocycles. The van der Waals surface area contributed by atoms with Gasteiger partial charge in [-0.1, -0.05) is 0 Å². The van der Waals surface area contributed by atoms with Crippen molar-refractivity contribution in [2.24, 2.45) is 12.5 Å². The average molecular weight is 301 g/mol. The van der Waals surface area contributed by atoms with E-state index in [1.165, 1.54) is 19.2 Å². The van der Waals surface area contributed by atoms with Gasteiger partial charge in [-0.25, -0.2) is 9.67 Å². The van der Waals surface area contributed by atoms with Crippen LogP contribution in [0.2, 0.25) is 0 Å². The normalized spacial score (nSPS) is 15.5. The summed E-state index contributed by atoms with van der Waals surface area (Å²) in [5, 5.41) is 6.89. The molecule has 0 aliphatic heterocycles. The van der Waals surface area contributed by atoms with Crippen LogP contribution >= 0.6 is 0 Å². The molecular formula is C15H19N5O2. The number of aromatic nitrogens is 4. The number of aryl methyl sites for hydroxylation is 2. The lowest BCUT2D eigenvalue weighted by Crippen LogP contribution is -2.34. The molecule has 2 heterocycles. The molecule has 3 rings (SSSR count). The van der Waals surface area contributed by atoms with Crippen LogP contribution in [0.3, 0.4) is 0 Å². The summed E-state index contributed by atoms with van der Waals surface area (Å²) in [4.78, 5) is 27.7. The van der Waals surface area contributed by atoms with Gasteiger partial charge in [0.25, 0.3) is 11.5 Å². The SMILES string of the molecule is Cc1nccn1CC1(CNC(=O)c2ccc(=O)n(C)n2)CC1. The zero-order chi connectivity index (χ0) is 15.7.